The van der Waals surface area contributed by atoms with E-state index < -0.39 is 11.6 Å². The molecule has 1 aliphatic carbocycles. The van der Waals surface area contributed by atoms with E-state index in [1.54, 1.807) is 12.1 Å². The topological polar surface area (TPSA) is 12.8 Å². The molecule has 1 saturated carbocycles. The number of hydrogen-bond acceptors (Lipinski definition) is 0. The van der Waals surface area contributed by atoms with Crippen molar-refractivity contribution in [3.05, 3.63) is 59.2 Å². The second kappa shape index (κ2) is 8.52. The summed E-state index contributed by atoms with van der Waals surface area (Å²) in [7, 11) is 0. The molecule has 0 bridgehead atoms. The predicted octanol–water partition coefficient (Wildman–Crippen LogP) is 6.55. The van der Waals surface area contributed by atoms with Gasteiger partial charge in [-0.2, -0.15) is 0 Å². The lowest BCUT2D eigenvalue weighted by molar-refractivity contribution is -0.189. The first-order valence-electron chi connectivity index (χ1n) is 10.2. The second-order valence-corrected chi connectivity index (χ2v) is 8.03. The predicted molar refractivity (Wildman–Crippen MR) is 108 cm³/mol. The van der Waals surface area contributed by atoms with E-state index in [9.17, 15) is 8.78 Å². The summed E-state index contributed by atoms with van der Waals surface area (Å²) in [4.78, 5) is 0. The number of aliphatic hydroxyl groups is 2. The number of halogens is 2. The third-order valence-electron chi connectivity index (χ3n) is 6.02. The number of rotatable bonds is 6. The Kier molecular flexibility index (Phi) is 6.31. The first-order chi connectivity index (χ1) is 13.0. The molecule has 0 atom stereocenters. The molecule has 0 aliphatic heterocycles. The standard InChI is InChI=1S/C24H30F2O/c1-4-16-27-24(3)14-12-19(13-15-24)18-6-8-20(9-7-18)21-11-10-17(5-2)22(25)23(21)26/h6-11,19H,4-5,12-16H2,1-3H3/p+1. The summed E-state index contributed by atoms with van der Waals surface area (Å²) in [6.45, 7) is 7.23. The van der Waals surface area contributed by atoms with Gasteiger partial charge in [0.05, 0.1) is 0 Å². The van der Waals surface area contributed by atoms with Crippen LogP contribution in [0.5, 0.6) is 0 Å². The lowest BCUT2D eigenvalue weighted by Gasteiger charge is -2.34. The average molecular weight is 374 g/mol. The molecule has 0 amide bonds. The molecule has 0 heterocycles. The van der Waals surface area contributed by atoms with Crippen LogP contribution in [-0.4, -0.2) is 16.9 Å². The van der Waals surface area contributed by atoms with Crippen molar-refractivity contribution in [1.29, 1.82) is 0 Å². The van der Waals surface area contributed by atoms with Crippen molar-refractivity contribution in [2.45, 2.75) is 70.8 Å². The molecule has 1 aliphatic rings. The first kappa shape index (κ1) is 20.0. The fraction of sp³-hybridized carbons (Fsp3) is 0.500. The molecule has 3 rings (SSSR count). The molecule has 1 N–H and O–H groups in total. The van der Waals surface area contributed by atoms with Crippen molar-refractivity contribution in [3.63, 3.8) is 0 Å². The normalized spacial score (nSPS) is 22.8. The van der Waals surface area contributed by atoms with E-state index in [0.717, 1.165) is 44.3 Å². The Bertz CT molecular complexity index is 759. The summed E-state index contributed by atoms with van der Waals surface area (Å²) >= 11 is 0. The van der Waals surface area contributed by atoms with Crippen LogP contribution in [0, 0.1) is 11.6 Å². The van der Waals surface area contributed by atoms with Gasteiger partial charge in [0, 0.05) is 31.7 Å². The third-order valence-corrected chi connectivity index (χ3v) is 6.02. The molecule has 2 aromatic rings. The molecule has 0 aromatic heterocycles. The summed E-state index contributed by atoms with van der Waals surface area (Å²) < 4.78 is 33.4. The van der Waals surface area contributed by atoms with Crippen molar-refractivity contribution in [3.8, 4) is 11.1 Å². The number of hydrogen-bond donors (Lipinski definition) is 0. The fourth-order valence-electron chi connectivity index (χ4n) is 4.13. The van der Waals surface area contributed by atoms with Gasteiger partial charge in [-0.15, -0.1) is 0 Å². The molecule has 2 aromatic carbocycles. The number of aryl methyl sites for hydroxylation is 1. The summed E-state index contributed by atoms with van der Waals surface area (Å²) in [6, 6.07) is 11.4. The minimum absolute atomic E-state index is 0.133. The zero-order chi connectivity index (χ0) is 19.4. The van der Waals surface area contributed by atoms with Gasteiger partial charge in [0.25, 0.3) is 0 Å². The van der Waals surface area contributed by atoms with E-state index >= 15 is 0 Å². The van der Waals surface area contributed by atoms with Crippen LogP contribution in [0.3, 0.4) is 0 Å². The highest BCUT2D eigenvalue weighted by molar-refractivity contribution is 5.65. The Morgan fingerprint density at radius 1 is 0.963 bits per heavy atom. The van der Waals surface area contributed by atoms with E-state index in [-0.39, 0.29) is 5.60 Å². The summed E-state index contributed by atoms with van der Waals surface area (Å²) in [6.07, 6.45) is 6.12. The Balaban J connectivity index is 1.71. The molecule has 0 spiro atoms. The van der Waals surface area contributed by atoms with Gasteiger partial charge in [0.15, 0.2) is 17.2 Å². The van der Waals surface area contributed by atoms with Gasteiger partial charge in [-0.05, 0) is 41.9 Å². The van der Waals surface area contributed by atoms with E-state index in [1.807, 2.05) is 19.1 Å². The maximum atomic E-state index is 14.4. The third kappa shape index (κ3) is 4.40. The van der Waals surface area contributed by atoms with Gasteiger partial charge in [-0.1, -0.05) is 50.2 Å². The zero-order valence-electron chi connectivity index (χ0n) is 16.7. The van der Waals surface area contributed by atoms with Crippen molar-refractivity contribution < 1.29 is 13.5 Å². The zero-order valence-corrected chi connectivity index (χ0v) is 16.7. The highest BCUT2D eigenvalue weighted by atomic mass is 19.2. The lowest BCUT2D eigenvalue weighted by atomic mass is 9.76. The van der Waals surface area contributed by atoms with Crippen molar-refractivity contribution in [2.24, 2.45) is 0 Å². The van der Waals surface area contributed by atoms with Crippen LogP contribution in [-0.2, 0) is 6.42 Å². The Morgan fingerprint density at radius 3 is 2.22 bits per heavy atom. The quantitative estimate of drug-likeness (QED) is 0.509. The molecule has 0 radical (unpaired) electrons. The van der Waals surface area contributed by atoms with Crippen LogP contribution in [0.15, 0.2) is 36.4 Å². The molecular weight excluding hydrogens is 342 g/mol. The highest BCUT2D eigenvalue weighted by Gasteiger charge is 2.36. The monoisotopic (exact) mass is 373 g/mol. The number of benzene rings is 2. The van der Waals surface area contributed by atoms with Crippen molar-refractivity contribution in [2.75, 3.05) is 6.61 Å². The largest absolute Gasteiger partial charge is 0.429 e. The van der Waals surface area contributed by atoms with Crippen LogP contribution >= 0.6 is 0 Å². The summed E-state index contributed by atoms with van der Waals surface area (Å²) in [5, 5.41) is 0. The van der Waals surface area contributed by atoms with Crippen LogP contribution in [0.1, 0.15) is 69.9 Å². The highest BCUT2D eigenvalue weighted by Crippen LogP contribution is 2.39. The van der Waals surface area contributed by atoms with Crippen LogP contribution in [0.2, 0.25) is 0 Å². The summed E-state index contributed by atoms with van der Waals surface area (Å²) in [5.41, 5.74) is 2.92. The fourth-order valence-corrected chi connectivity index (χ4v) is 4.13. The molecule has 0 unspecified atom stereocenters. The molecule has 146 valence electrons. The van der Waals surface area contributed by atoms with E-state index in [0.29, 0.717) is 23.5 Å². The van der Waals surface area contributed by atoms with Crippen molar-refractivity contribution >= 4 is 0 Å². The lowest BCUT2D eigenvalue weighted by Crippen LogP contribution is -2.36. The molecule has 27 heavy (non-hydrogen) atoms. The molecular formula is C24H31F2O+. The van der Waals surface area contributed by atoms with E-state index in [2.05, 4.69) is 26.0 Å². The maximum absolute atomic E-state index is 14.4. The molecule has 0 saturated heterocycles. The van der Waals surface area contributed by atoms with Gasteiger partial charge in [0.2, 0.25) is 0 Å². The van der Waals surface area contributed by atoms with Gasteiger partial charge in [-0.25, -0.2) is 8.78 Å². The number of ether oxygens (including phenoxy) is 1. The SMILES string of the molecule is CCC[OH+]C1(C)CCC(c2ccc(-c3ccc(CC)c(F)c3F)cc2)CC1. The van der Waals surface area contributed by atoms with Crippen LogP contribution in [0.25, 0.3) is 11.1 Å². The summed E-state index contributed by atoms with van der Waals surface area (Å²) in [5.74, 6) is -0.928. The van der Waals surface area contributed by atoms with Gasteiger partial charge < -0.3 is 4.74 Å². The van der Waals surface area contributed by atoms with Crippen molar-refractivity contribution in [1.82, 2.24) is 0 Å². The minimum Gasteiger partial charge on any atom is -0.429 e. The van der Waals surface area contributed by atoms with Crippen LogP contribution in [0.4, 0.5) is 8.78 Å². The van der Waals surface area contributed by atoms with E-state index in [1.165, 1.54) is 5.56 Å². The molecule has 1 fully saturated rings. The van der Waals surface area contributed by atoms with Crippen LogP contribution < -0.4 is 0 Å². The minimum atomic E-state index is -0.743. The van der Waals surface area contributed by atoms with Gasteiger partial charge >= 0.3 is 0 Å². The second-order valence-electron chi connectivity index (χ2n) is 8.03. The smallest absolute Gasteiger partial charge is 0.166 e. The molecule has 3 heteroatoms. The Labute approximate surface area is 161 Å². The Hall–Kier alpha value is -1.74. The Morgan fingerprint density at radius 2 is 1.63 bits per heavy atom. The average Bonchev–Trinajstić information content (AvgIpc) is 2.69. The first-order valence-corrected chi connectivity index (χ1v) is 10.2. The van der Waals surface area contributed by atoms with E-state index in [4.69, 9.17) is 4.74 Å². The maximum Gasteiger partial charge on any atom is 0.166 e. The van der Waals surface area contributed by atoms with Gasteiger partial charge in [-0.3, -0.25) is 0 Å². The molecule has 1 nitrogen and oxygen atoms in total. The van der Waals surface area contributed by atoms with Gasteiger partial charge in [0.1, 0.15) is 6.61 Å².